The molecule has 0 amide bonds. The van der Waals surface area contributed by atoms with Gasteiger partial charge in [0.25, 0.3) is 0 Å². The number of para-hydroxylation sites is 1. The summed E-state index contributed by atoms with van der Waals surface area (Å²) in [4.78, 5) is 0. The van der Waals surface area contributed by atoms with E-state index in [4.69, 9.17) is 0 Å². The summed E-state index contributed by atoms with van der Waals surface area (Å²) < 4.78 is 0. The van der Waals surface area contributed by atoms with Crippen molar-refractivity contribution in [3.8, 4) is 5.75 Å². The third kappa shape index (κ3) is 1.47. The Bertz CT molecular complexity index is 292. The Morgan fingerprint density at radius 1 is 1.25 bits per heavy atom. The van der Waals surface area contributed by atoms with E-state index < -0.39 is 5.79 Å². The summed E-state index contributed by atoms with van der Waals surface area (Å²) in [5.74, 6) is -2.33. The quantitative estimate of drug-likeness (QED) is 0.448. The van der Waals surface area contributed by atoms with E-state index in [2.05, 4.69) is 6.58 Å². The first kappa shape index (κ1) is 8.77. The Hall–Kier alpha value is -1.32. The molecule has 0 aliphatic carbocycles. The molecule has 3 nitrogen and oxygen atoms in total. The first-order chi connectivity index (χ1) is 5.58. The molecular formula is C9H10O3. The van der Waals surface area contributed by atoms with Crippen LogP contribution in [0.5, 0.6) is 5.75 Å². The van der Waals surface area contributed by atoms with Gasteiger partial charge in [-0.3, -0.25) is 0 Å². The lowest BCUT2D eigenvalue weighted by molar-refractivity contribution is -0.126. The van der Waals surface area contributed by atoms with Crippen LogP contribution in [0, 0.1) is 0 Å². The molecule has 0 aliphatic rings. The molecule has 0 saturated carbocycles. The molecule has 0 aromatic heterocycles. The van der Waals surface area contributed by atoms with E-state index in [9.17, 15) is 15.3 Å². The van der Waals surface area contributed by atoms with Crippen LogP contribution in [0.3, 0.4) is 0 Å². The van der Waals surface area contributed by atoms with Crippen LogP contribution >= 0.6 is 0 Å². The number of benzene rings is 1. The summed E-state index contributed by atoms with van der Waals surface area (Å²) in [5, 5.41) is 27.7. The lowest BCUT2D eigenvalue weighted by Crippen LogP contribution is -2.21. The highest BCUT2D eigenvalue weighted by Gasteiger charge is 2.23. The molecule has 0 bridgehead atoms. The molecule has 0 heterocycles. The van der Waals surface area contributed by atoms with Crippen molar-refractivity contribution in [3.05, 3.63) is 42.5 Å². The summed E-state index contributed by atoms with van der Waals surface area (Å²) in [7, 11) is 0. The van der Waals surface area contributed by atoms with Gasteiger partial charge in [0.1, 0.15) is 5.75 Å². The maximum absolute atomic E-state index is 9.25. The maximum atomic E-state index is 9.25. The zero-order valence-electron chi connectivity index (χ0n) is 6.44. The Morgan fingerprint density at radius 3 is 2.33 bits per heavy atom. The van der Waals surface area contributed by atoms with Crippen molar-refractivity contribution >= 4 is 0 Å². The molecule has 0 atom stereocenters. The summed E-state index contributed by atoms with van der Waals surface area (Å²) >= 11 is 0. The normalized spacial score (nSPS) is 11.2. The van der Waals surface area contributed by atoms with Crippen molar-refractivity contribution in [2.75, 3.05) is 0 Å². The van der Waals surface area contributed by atoms with Crippen LogP contribution in [-0.2, 0) is 5.79 Å². The Kier molecular flexibility index (Phi) is 2.17. The lowest BCUT2D eigenvalue weighted by atomic mass is 10.1. The van der Waals surface area contributed by atoms with Gasteiger partial charge in [0, 0.05) is 0 Å². The van der Waals surface area contributed by atoms with Crippen molar-refractivity contribution in [3.63, 3.8) is 0 Å². The Labute approximate surface area is 70.2 Å². The minimum Gasteiger partial charge on any atom is -0.507 e. The number of aromatic hydroxyl groups is 1. The molecule has 0 fully saturated rings. The van der Waals surface area contributed by atoms with Crippen LogP contribution < -0.4 is 0 Å². The SMILES string of the molecule is C=CC(O)(O)c1ccccc1O. The number of phenolic OH excluding ortho intramolecular Hbond substituents is 1. The number of phenols is 1. The predicted octanol–water partition coefficient (Wildman–Crippen LogP) is 0.716. The molecule has 0 radical (unpaired) electrons. The molecule has 1 aromatic carbocycles. The lowest BCUT2D eigenvalue weighted by Gasteiger charge is -2.17. The maximum Gasteiger partial charge on any atom is 0.213 e. The first-order valence-electron chi connectivity index (χ1n) is 3.45. The summed E-state index contributed by atoms with van der Waals surface area (Å²) in [5.41, 5.74) is 0.0278. The average Bonchev–Trinajstić information content (AvgIpc) is 2.05. The number of aliphatic hydroxyl groups is 2. The van der Waals surface area contributed by atoms with Crippen molar-refractivity contribution in [1.29, 1.82) is 0 Å². The van der Waals surface area contributed by atoms with Crippen LogP contribution in [0.1, 0.15) is 5.56 Å². The zero-order valence-corrected chi connectivity index (χ0v) is 6.44. The minimum atomic E-state index is -2.16. The van der Waals surface area contributed by atoms with Gasteiger partial charge in [-0.2, -0.15) is 0 Å². The van der Waals surface area contributed by atoms with Gasteiger partial charge in [0.15, 0.2) is 0 Å². The van der Waals surface area contributed by atoms with Gasteiger partial charge >= 0.3 is 0 Å². The largest absolute Gasteiger partial charge is 0.507 e. The first-order valence-corrected chi connectivity index (χ1v) is 3.45. The van der Waals surface area contributed by atoms with Gasteiger partial charge in [-0.05, 0) is 18.2 Å². The average molecular weight is 166 g/mol. The highest BCUT2D eigenvalue weighted by Crippen LogP contribution is 2.27. The van der Waals surface area contributed by atoms with Crippen LogP contribution in [0.2, 0.25) is 0 Å². The third-order valence-electron chi connectivity index (χ3n) is 1.59. The topological polar surface area (TPSA) is 60.7 Å². The number of hydrogen-bond acceptors (Lipinski definition) is 3. The fourth-order valence-electron chi connectivity index (χ4n) is 0.895. The van der Waals surface area contributed by atoms with E-state index >= 15 is 0 Å². The third-order valence-corrected chi connectivity index (χ3v) is 1.59. The van der Waals surface area contributed by atoms with E-state index in [-0.39, 0.29) is 11.3 Å². The van der Waals surface area contributed by atoms with Crippen LogP contribution in [0.15, 0.2) is 36.9 Å². The van der Waals surface area contributed by atoms with Gasteiger partial charge in [0.2, 0.25) is 5.79 Å². The van der Waals surface area contributed by atoms with Gasteiger partial charge in [-0.25, -0.2) is 0 Å². The smallest absolute Gasteiger partial charge is 0.213 e. The Morgan fingerprint density at radius 2 is 1.83 bits per heavy atom. The van der Waals surface area contributed by atoms with Crippen molar-refractivity contribution < 1.29 is 15.3 Å². The second-order valence-corrected chi connectivity index (χ2v) is 2.45. The van der Waals surface area contributed by atoms with Crippen LogP contribution in [0.25, 0.3) is 0 Å². The monoisotopic (exact) mass is 166 g/mol. The molecule has 0 spiro atoms. The van der Waals surface area contributed by atoms with E-state index in [1.165, 1.54) is 12.1 Å². The number of hydrogen-bond donors (Lipinski definition) is 3. The molecule has 3 N–H and O–H groups in total. The second-order valence-electron chi connectivity index (χ2n) is 2.45. The van der Waals surface area contributed by atoms with Crippen molar-refractivity contribution in [2.24, 2.45) is 0 Å². The predicted molar refractivity (Wildman–Crippen MR) is 44.4 cm³/mol. The van der Waals surface area contributed by atoms with Gasteiger partial charge in [0.05, 0.1) is 5.56 Å². The fourth-order valence-corrected chi connectivity index (χ4v) is 0.895. The number of rotatable bonds is 2. The highest BCUT2D eigenvalue weighted by molar-refractivity contribution is 5.37. The van der Waals surface area contributed by atoms with Crippen LogP contribution in [0.4, 0.5) is 0 Å². The molecule has 0 saturated heterocycles. The minimum absolute atomic E-state index is 0.0278. The summed E-state index contributed by atoms with van der Waals surface area (Å²) in [6.45, 7) is 3.24. The van der Waals surface area contributed by atoms with Gasteiger partial charge < -0.3 is 15.3 Å². The standard InChI is InChI=1S/C9H10O3/c1-2-9(11,12)7-5-3-4-6-8(7)10/h2-6,10-12H,1H2. The molecular weight excluding hydrogens is 156 g/mol. The molecule has 1 aromatic rings. The summed E-state index contributed by atoms with van der Waals surface area (Å²) in [6.07, 6.45) is 0.946. The Balaban J connectivity index is 3.19. The van der Waals surface area contributed by atoms with Crippen LogP contribution in [-0.4, -0.2) is 15.3 Å². The van der Waals surface area contributed by atoms with E-state index in [1.807, 2.05) is 0 Å². The molecule has 1 rings (SSSR count). The molecule has 0 unspecified atom stereocenters. The van der Waals surface area contributed by atoms with Gasteiger partial charge in [-0.15, -0.1) is 0 Å². The van der Waals surface area contributed by atoms with E-state index in [0.29, 0.717) is 0 Å². The highest BCUT2D eigenvalue weighted by atomic mass is 16.5. The fraction of sp³-hybridized carbons (Fsp3) is 0.111. The van der Waals surface area contributed by atoms with E-state index in [0.717, 1.165) is 6.08 Å². The second kappa shape index (κ2) is 2.97. The molecule has 0 aliphatic heterocycles. The summed E-state index contributed by atoms with van der Waals surface area (Å²) in [6, 6.07) is 5.98. The van der Waals surface area contributed by atoms with Gasteiger partial charge in [-0.1, -0.05) is 18.7 Å². The molecule has 3 heteroatoms. The van der Waals surface area contributed by atoms with Crippen molar-refractivity contribution in [2.45, 2.75) is 5.79 Å². The van der Waals surface area contributed by atoms with E-state index in [1.54, 1.807) is 12.1 Å². The zero-order chi connectivity index (χ0) is 9.19. The van der Waals surface area contributed by atoms with Crippen molar-refractivity contribution in [1.82, 2.24) is 0 Å². The molecule has 64 valence electrons. The molecule has 12 heavy (non-hydrogen) atoms.